The second kappa shape index (κ2) is 8.12. The van der Waals surface area contributed by atoms with Crippen molar-refractivity contribution in [2.24, 2.45) is 52.3 Å². The van der Waals surface area contributed by atoms with Crippen molar-refractivity contribution in [1.82, 2.24) is 0 Å². The molecule has 0 amide bonds. The van der Waals surface area contributed by atoms with Crippen molar-refractivity contribution in [2.75, 3.05) is 0 Å². The van der Waals surface area contributed by atoms with E-state index in [2.05, 4.69) is 34.6 Å². The molecule has 168 valence electrons. The molecule has 0 radical (unpaired) electrons. The highest BCUT2D eigenvalue weighted by Gasteiger charge is 2.61. The molecule has 2 heteroatoms. The Kier molecular flexibility index (Phi) is 6.19. The second-order valence-electron chi connectivity index (χ2n) is 12.8. The van der Waals surface area contributed by atoms with Crippen molar-refractivity contribution in [3.8, 4) is 0 Å². The van der Waals surface area contributed by atoms with Gasteiger partial charge in [0.15, 0.2) is 0 Å². The molecule has 4 fully saturated rings. The van der Waals surface area contributed by atoms with Gasteiger partial charge in [-0.25, -0.2) is 0 Å². The van der Waals surface area contributed by atoms with Crippen LogP contribution in [0.4, 0.5) is 0 Å². The maximum Gasteiger partial charge on any atom is 0.0804 e. The Hall–Kier alpha value is -0.0800. The Morgan fingerprint density at radius 2 is 1.55 bits per heavy atom. The Morgan fingerprint density at radius 3 is 2.28 bits per heavy atom. The molecule has 3 unspecified atom stereocenters. The van der Waals surface area contributed by atoms with E-state index in [-0.39, 0.29) is 5.41 Å². The summed E-state index contributed by atoms with van der Waals surface area (Å²) in [5.41, 5.74) is 0.804. The lowest BCUT2D eigenvalue weighted by Crippen LogP contribution is -2.56. The molecular formula is C27H48O2. The van der Waals surface area contributed by atoms with Gasteiger partial charge in [-0.1, -0.05) is 53.9 Å². The van der Waals surface area contributed by atoms with Crippen LogP contribution in [-0.2, 0) is 0 Å². The zero-order valence-corrected chi connectivity index (χ0v) is 19.9. The first kappa shape index (κ1) is 22.1. The first-order chi connectivity index (χ1) is 13.7. The van der Waals surface area contributed by atoms with Crippen molar-refractivity contribution in [2.45, 2.75) is 117 Å². The first-order valence-corrected chi connectivity index (χ1v) is 13.0. The van der Waals surface area contributed by atoms with Gasteiger partial charge in [0.2, 0.25) is 0 Å². The number of rotatable bonds is 5. The van der Waals surface area contributed by atoms with Gasteiger partial charge in [0.05, 0.1) is 12.2 Å². The van der Waals surface area contributed by atoms with Crippen LogP contribution >= 0.6 is 0 Å². The third-order valence-corrected chi connectivity index (χ3v) is 10.9. The SMILES string of the molecule is CC(C)CCC[C@@H](C)[C@H]1CC[C@H]2[C@@H]3CCC4CC(O)C(O)C[C@]4(C)[C@H]3CC[C@]12C. The van der Waals surface area contributed by atoms with Crippen LogP contribution in [0.25, 0.3) is 0 Å². The Bertz CT molecular complexity index is 573. The molecular weight excluding hydrogens is 356 g/mol. The van der Waals surface area contributed by atoms with E-state index < -0.39 is 12.2 Å². The summed E-state index contributed by atoms with van der Waals surface area (Å²) in [6.45, 7) is 12.4. The number of aliphatic hydroxyl groups excluding tert-OH is 2. The minimum absolute atomic E-state index is 0.254. The summed E-state index contributed by atoms with van der Waals surface area (Å²) in [7, 11) is 0. The Balaban J connectivity index is 1.47. The largest absolute Gasteiger partial charge is 0.390 e. The summed E-state index contributed by atoms with van der Waals surface area (Å²) in [6.07, 6.45) is 13.2. The van der Waals surface area contributed by atoms with Crippen molar-refractivity contribution < 1.29 is 10.2 Å². The van der Waals surface area contributed by atoms with Gasteiger partial charge in [-0.05, 0) is 104 Å². The van der Waals surface area contributed by atoms with Crippen molar-refractivity contribution in [3.05, 3.63) is 0 Å². The van der Waals surface area contributed by atoms with E-state index in [9.17, 15) is 10.2 Å². The van der Waals surface area contributed by atoms with Crippen LogP contribution in [0, 0.1) is 52.3 Å². The molecule has 0 heterocycles. The van der Waals surface area contributed by atoms with Gasteiger partial charge in [-0.15, -0.1) is 0 Å². The highest BCUT2D eigenvalue weighted by atomic mass is 16.3. The minimum atomic E-state index is -0.499. The monoisotopic (exact) mass is 404 g/mol. The summed E-state index contributed by atoms with van der Waals surface area (Å²) in [5.74, 6) is 5.80. The van der Waals surface area contributed by atoms with Crippen molar-refractivity contribution in [1.29, 1.82) is 0 Å². The molecule has 4 saturated carbocycles. The van der Waals surface area contributed by atoms with Crippen molar-refractivity contribution in [3.63, 3.8) is 0 Å². The number of aliphatic hydroxyl groups is 2. The van der Waals surface area contributed by atoms with Crippen molar-refractivity contribution >= 4 is 0 Å². The summed E-state index contributed by atoms with van der Waals surface area (Å²) >= 11 is 0. The molecule has 0 aromatic carbocycles. The van der Waals surface area contributed by atoms with Gasteiger partial charge in [-0.2, -0.15) is 0 Å². The van der Waals surface area contributed by atoms with Crippen LogP contribution in [0.2, 0.25) is 0 Å². The standard InChI is InChI=1S/C27H48O2/c1-17(2)7-6-8-18(3)21-11-12-22-20-10-9-19-15-24(28)25(29)16-27(19,5)23(20)13-14-26(21,22)4/h17-25,28-29H,6-16H2,1-5H3/t18-,19?,20+,21-,22+,23+,24?,25?,26-,27+/m1/s1. The highest BCUT2D eigenvalue weighted by Crippen LogP contribution is 2.68. The molecule has 4 aliphatic carbocycles. The first-order valence-electron chi connectivity index (χ1n) is 13.0. The van der Waals surface area contributed by atoms with E-state index in [1.807, 2.05) is 0 Å². The molecule has 29 heavy (non-hydrogen) atoms. The lowest BCUT2D eigenvalue weighted by molar-refractivity contribution is -0.160. The molecule has 0 spiro atoms. The van der Waals surface area contributed by atoms with E-state index in [1.165, 1.54) is 57.8 Å². The molecule has 0 saturated heterocycles. The predicted molar refractivity (Wildman–Crippen MR) is 120 cm³/mol. The third-order valence-electron chi connectivity index (χ3n) is 10.9. The second-order valence-corrected chi connectivity index (χ2v) is 12.8. The van der Waals surface area contributed by atoms with Gasteiger partial charge >= 0.3 is 0 Å². The predicted octanol–water partition coefficient (Wildman–Crippen LogP) is 6.44. The summed E-state index contributed by atoms with van der Waals surface area (Å²) in [4.78, 5) is 0. The fourth-order valence-electron chi connectivity index (χ4n) is 9.30. The maximum absolute atomic E-state index is 10.5. The third kappa shape index (κ3) is 3.73. The van der Waals surface area contributed by atoms with Gasteiger partial charge in [-0.3, -0.25) is 0 Å². The zero-order valence-electron chi connectivity index (χ0n) is 19.9. The molecule has 2 N–H and O–H groups in total. The number of fused-ring (bicyclic) bond motifs is 5. The smallest absolute Gasteiger partial charge is 0.0804 e. The maximum atomic E-state index is 10.5. The normalized spacial score (nSPS) is 50.7. The van der Waals surface area contributed by atoms with Gasteiger partial charge in [0.25, 0.3) is 0 Å². The van der Waals surface area contributed by atoms with Crippen LogP contribution in [0.5, 0.6) is 0 Å². The Morgan fingerprint density at radius 1 is 0.828 bits per heavy atom. The van der Waals surface area contributed by atoms with Gasteiger partial charge < -0.3 is 10.2 Å². The molecule has 4 rings (SSSR count). The van der Waals surface area contributed by atoms with E-state index in [0.29, 0.717) is 11.3 Å². The zero-order chi connectivity index (χ0) is 21.0. The summed E-state index contributed by atoms with van der Waals surface area (Å²) < 4.78 is 0. The fourth-order valence-corrected chi connectivity index (χ4v) is 9.30. The minimum Gasteiger partial charge on any atom is -0.390 e. The van der Waals surface area contributed by atoms with E-state index in [1.54, 1.807) is 0 Å². The van der Waals surface area contributed by atoms with Crippen LogP contribution in [0.1, 0.15) is 105 Å². The molecule has 0 aromatic heterocycles. The van der Waals surface area contributed by atoms with Gasteiger partial charge in [0.1, 0.15) is 0 Å². The van der Waals surface area contributed by atoms with Crippen LogP contribution in [0.15, 0.2) is 0 Å². The summed E-state index contributed by atoms with van der Waals surface area (Å²) in [6, 6.07) is 0. The topological polar surface area (TPSA) is 40.5 Å². The van der Waals surface area contributed by atoms with E-state index >= 15 is 0 Å². The van der Waals surface area contributed by atoms with Crippen LogP contribution < -0.4 is 0 Å². The average molecular weight is 405 g/mol. The Labute approximate surface area is 180 Å². The van der Waals surface area contributed by atoms with E-state index in [0.717, 1.165) is 48.3 Å². The molecule has 4 aliphatic rings. The molecule has 10 atom stereocenters. The lowest BCUT2D eigenvalue weighted by Gasteiger charge is -2.61. The fraction of sp³-hybridized carbons (Fsp3) is 1.00. The molecule has 0 aliphatic heterocycles. The number of hydrogen-bond acceptors (Lipinski definition) is 2. The molecule has 0 aromatic rings. The van der Waals surface area contributed by atoms with Crippen LogP contribution in [0.3, 0.4) is 0 Å². The quantitative estimate of drug-likeness (QED) is 0.553. The van der Waals surface area contributed by atoms with E-state index in [4.69, 9.17) is 0 Å². The molecule has 0 bridgehead atoms. The molecule has 2 nitrogen and oxygen atoms in total. The lowest BCUT2D eigenvalue weighted by atomic mass is 9.44. The highest BCUT2D eigenvalue weighted by molar-refractivity contribution is 5.10. The van der Waals surface area contributed by atoms with Gasteiger partial charge in [0, 0.05) is 0 Å². The van der Waals surface area contributed by atoms with Crippen LogP contribution in [-0.4, -0.2) is 22.4 Å². The average Bonchev–Trinajstić information content (AvgIpc) is 3.00. The summed E-state index contributed by atoms with van der Waals surface area (Å²) in [5, 5.41) is 20.8. The number of hydrogen-bond donors (Lipinski definition) is 2.